The van der Waals surface area contributed by atoms with Crippen molar-refractivity contribution in [3.05, 3.63) is 36.4 Å². The molecular formula is C12H11ClF4O2. The van der Waals surface area contributed by atoms with Crippen molar-refractivity contribution in [3.63, 3.8) is 0 Å². The highest BCUT2D eigenvalue weighted by Crippen LogP contribution is 2.30. The minimum atomic E-state index is -3.06. The van der Waals surface area contributed by atoms with E-state index < -0.39 is 13.2 Å². The molecule has 0 aliphatic carbocycles. The zero-order chi connectivity index (χ0) is 14.4. The van der Waals surface area contributed by atoms with Crippen LogP contribution in [0.3, 0.4) is 0 Å². The van der Waals surface area contributed by atoms with Crippen LogP contribution in [0.2, 0.25) is 0 Å². The third kappa shape index (κ3) is 4.98. The Labute approximate surface area is 112 Å². The Morgan fingerprint density at radius 2 is 1.53 bits per heavy atom. The summed E-state index contributed by atoms with van der Waals surface area (Å²) in [4.78, 5) is 0. The Hall–Kier alpha value is -1.43. The summed E-state index contributed by atoms with van der Waals surface area (Å²) in [5.74, 6) is -0.821. The van der Waals surface area contributed by atoms with Crippen LogP contribution >= 0.6 is 11.6 Å². The van der Waals surface area contributed by atoms with E-state index in [1.54, 1.807) is 0 Å². The molecule has 0 aliphatic heterocycles. The highest BCUT2D eigenvalue weighted by molar-refractivity contribution is 6.18. The van der Waals surface area contributed by atoms with E-state index in [4.69, 9.17) is 11.6 Å². The van der Waals surface area contributed by atoms with Gasteiger partial charge >= 0.3 is 13.2 Å². The summed E-state index contributed by atoms with van der Waals surface area (Å²) < 4.78 is 57.0. The molecule has 2 nitrogen and oxygen atoms in total. The maximum Gasteiger partial charge on any atom is 0.387 e. The zero-order valence-electron chi connectivity index (χ0n) is 9.66. The van der Waals surface area contributed by atoms with E-state index in [0.717, 1.165) is 6.07 Å². The van der Waals surface area contributed by atoms with E-state index in [2.05, 4.69) is 16.1 Å². The van der Waals surface area contributed by atoms with Crippen molar-refractivity contribution in [2.75, 3.05) is 5.88 Å². The summed E-state index contributed by atoms with van der Waals surface area (Å²) in [6, 6.07) is 3.51. The van der Waals surface area contributed by atoms with Gasteiger partial charge in [0.15, 0.2) is 0 Å². The Morgan fingerprint density at radius 3 is 1.84 bits per heavy atom. The molecule has 1 rings (SSSR count). The van der Waals surface area contributed by atoms with Gasteiger partial charge < -0.3 is 9.47 Å². The fourth-order valence-electron chi connectivity index (χ4n) is 1.44. The van der Waals surface area contributed by atoms with Crippen molar-refractivity contribution in [1.82, 2.24) is 0 Å². The van der Waals surface area contributed by atoms with E-state index >= 15 is 0 Å². The molecule has 0 N–H and O–H groups in total. The number of hydrogen-bond donors (Lipinski definition) is 0. The second-order valence-corrected chi connectivity index (χ2v) is 3.80. The predicted molar refractivity (Wildman–Crippen MR) is 63.4 cm³/mol. The number of hydrogen-bond acceptors (Lipinski definition) is 2. The minimum Gasteiger partial charge on any atom is -0.435 e. The monoisotopic (exact) mass is 298 g/mol. The lowest BCUT2D eigenvalue weighted by Crippen LogP contribution is -2.07. The highest BCUT2D eigenvalue weighted by atomic mass is 35.5. The first kappa shape index (κ1) is 15.6. The van der Waals surface area contributed by atoms with Crippen LogP contribution in [0, 0.1) is 0 Å². The van der Waals surface area contributed by atoms with Crippen LogP contribution in [0.1, 0.15) is 11.5 Å². The molecule has 1 aromatic rings. The standard InChI is InChI=1S/C12H11ClF4O2/c1-2-7(6-13)8-3-9(18-11(14)15)5-10(4-8)19-12(16)17/h2-5,7,11-12H,1,6H2. The highest BCUT2D eigenvalue weighted by Gasteiger charge is 2.14. The number of rotatable bonds is 7. The van der Waals surface area contributed by atoms with Crippen molar-refractivity contribution in [2.24, 2.45) is 0 Å². The minimum absolute atomic E-state index is 0.121. The first-order valence-corrected chi connectivity index (χ1v) is 5.72. The molecule has 0 heterocycles. The molecule has 106 valence electrons. The van der Waals surface area contributed by atoms with Gasteiger partial charge in [-0.3, -0.25) is 0 Å². The summed E-state index contributed by atoms with van der Waals surface area (Å²) in [7, 11) is 0. The summed E-state index contributed by atoms with van der Waals surface area (Å²) in [5.41, 5.74) is 0.402. The van der Waals surface area contributed by atoms with Crippen molar-refractivity contribution >= 4 is 11.6 Å². The van der Waals surface area contributed by atoms with Gasteiger partial charge in [-0.1, -0.05) is 6.08 Å². The lowest BCUT2D eigenvalue weighted by Gasteiger charge is -2.14. The molecule has 19 heavy (non-hydrogen) atoms. The molecule has 0 radical (unpaired) electrons. The first-order valence-electron chi connectivity index (χ1n) is 5.19. The van der Waals surface area contributed by atoms with Crippen molar-refractivity contribution < 1.29 is 27.0 Å². The van der Waals surface area contributed by atoms with Gasteiger partial charge in [0.05, 0.1) is 0 Å². The molecule has 0 fully saturated rings. The van der Waals surface area contributed by atoms with E-state index in [9.17, 15) is 17.6 Å². The Kier molecular flexibility index (Phi) is 5.95. The summed E-state index contributed by atoms with van der Waals surface area (Å²) in [6.45, 7) is -2.60. The topological polar surface area (TPSA) is 18.5 Å². The van der Waals surface area contributed by atoms with Gasteiger partial charge in [0, 0.05) is 17.9 Å². The van der Waals surface area contributed by atoms with E-state index in [1.807, 2.05) is 0 Å². The van der Waals surface area contributed by atoms with Gasteiger partial charge in [-0.2, -0.15) is 17.6 Å². The van der Waals surface area contributed by atoms with Crippen molar-refractivity contribution in [2.45, 2.75) is 19.1 Å². The number of benzene rings is 1. The average molecular weight is 299 g/mol. The molecule has 0 aliphatic rings. The fraction of sp³-hybridized carbons (Fsp3) is 0.333. The maximum absolute atomic E-state index is 12.2. The predicted octanol–water partition coefficient (Wildman–Crippen LogP) is 4.40. The van der Waals surface area contributed by atoms with Gasteiger partial charge in [-0.15, -0.1) is 18.2 Å². The Balaban J connectivity index is 3.11. The van der Waals surface area contributed by atoms with E-state index in [-0.39, 0.29) is 23.3 Å². The smallest absolute Gasteiger partial charge is 0.387 e. The third-order valence-corrected chi connectivity index (χ3v) is 2.56. The number of halogens is 5. The molecule has 0 saturated carbocycles. The molecule has 0 saturated heterocycles. The van der Waals surface area contributed by atoms with Crippen LogP contribution in [0.25, 0.3) is 0 Å². The van der Waals surface area contributed by atoms with Crippen LogP contribution in [0.4, 0.5) is 17.6 Å². The van der Waals surface area contributed by atoms with Crippen LogP contribution in [0.15, 0.2) is 30.9 Å². The average Bonchev–Trinajstić information content (AvgIpc) is 2.28. The zero-order valence-corrected chi connectivity index (χ0v) is 10.4. The number of allylic oxidation sites excluding steroid dienone is 1. The first-order chi connectivity index (χ1) is 8.96. The molecule has 7 heteroatoms. The van der Waals surface area contributed by atoms with Crippen molar-refractivity contribution in [1.29, 1.82) is 0 Å². The molecule has 0 spiro atoms. The third-order valence-electron chi connectivity index (χ3n) is 2.23. The van der Waals surface area contributed by atoms with Crippen LogP contribution in [0.5, 0.6) is 11.5 Å². The lowest BCUT2D eigenvalue weighted by atomic mass is 10.0. The normalized spacial score (nSPS) is 12.6. The van der Waals surface area contributed by atoms with Crippen molar-refractivity contribution in [3.8, 4) is 11.5 Å². The number of ether oxygens (including phenoxy) is 2. The van der Waals surface area contributed by atoms with Crippen LogP contribution in [-0.4, -0.2) is 19.1 Å². The molecule has 0 bridgehead atoms. The van der Waals surface area contributed by atoms with Gasteiger partial charge in [-0.05, 0) is 17.7 Å². The number of alkyl halides is 5. The molecule has 0 aromatic heterocycles. The van der Waals surface area contributed by atoms with Crippen LogP contribution < -0.4 is 9.47 Å². The molecule has 0 amide bonds. The lowest BCUT2D eigenvalue weighted by molar-refractivity contribution is -0.0543. The second-order valence-electron chi connectivity index (χ2n) is 3.49. The van der Waals surface area contributed by atoms with E-state index in [1.165, 1.54) is 18.2 Å². The summed E-state index contributed by atoms with van der Waals surface area (Å²) in [5, 5.41) is 0. The second kappa shape index (κ2) is 7.23. The SMILES string of the molecule is C=CC(CCl)c1cc(OC(F)F)cc(OC(F)F)c1. The van der Waals surface area contributed by atoms with E-state index in [0.29, 0.717) is 5.56 Å². The van der Waals surface area contributed by atoms with Gasteiger partial charge in [0.25, 0.3) is 0 Å². The Morgan fingerprint density at radius 1 is 1.05 bits per heavy atom. The van der Waals surface area contributed by atoms with Gasteiger partial charge in [0.1, 0.15) is 11.5 Å². The van der Waals surface area contributed by atoms with Gasteiger partial charge in [0.2, 0.25) is 0 Å². The largest absolute Gasteiger partial charge is 0.435 e. The molecular weight excluding hydrogens is 288 g/mol. The van der Waals surface area contributed by atoms with Crippen LogP contribution in [-0.2, 0) is 0 Å². The summed E-state index contributed by atoms with van der Waals surface area (Å²) in [6.07, 6.45) is 1.47. The Bertz CT molecular complexity index is 398. The maximum atomic E-state index is 12.2. The molecule has 1 atom stereocenters. The molecule has 1 unspecified atom stereocenters. The quantitative estimate of drug-likeness (QED) is 0.422. The fourth-order valence-corrected chi connectivity index (χ4v) is 1.74. The van der Waals surface area contributed by atoms with Gasteiger partial charge in [-0.25, -0.2) is 0 Å². The molecule has 1 aromatic carbocycles. The summed E-state index contributed by atoms with van der Waals surface area (Å²) >= 11 is 5.67.